The van der Waals surface area contributed by atoms with Crippen molar-refractivity contribution < 1.29 is 9.90 Å². The SMILES string of the molecule is Cn1nc(C2CC2)c2c1NC(=O)CC2c1ccc(C#CC(C)(C)O)s1. The zero-order valence-electron chi connectivity index (χ0n) is 14.6. The van der Waals surface area contributed by atoms with E-state index in [1.165, 1.54) is 18.4 Å². The molecule has 1 atom stereocenters. The highest BCUT2D eigenvalue weighted by atomic mass is 32.1. The molecule has 0 spiro atoms. The third-order valence-electron chi connectivity index (χ3n) is 4.53. The highest BCUT2D eigenvalue weighted by Crippen LogP contribution is 2.49. The Morgan fingerprint density at radius 3 is 2.84 bits per heavy atom. The Balaban J connectivity index is 1.73. The van der Waals surface area contributed by atoms with E-state index in [9.17, 15) is 9.90 Å². The molecule has 25 heavy (non-hydrogen) atoms. The number of carbonyl (C=O) groups excluding carboxylic acids is 1. The van der Waals surface area contributed by atoms with Crippen LogP contribution in [0.5, 0.6) is 0 Å². The maximum Gasteiger partial charge on any atom is 0.226 e. The van der Waals surface area contributed by atoms with Crippen LogP contribution in [0.2, 0.25) is 0 Å². The summed E-state index contributed by atoms with van der Waals surface area (Å²) in [5, 5.41) is 17.4. The maximum absolute atomic E-state index is 12.2. The first-order valence-corrected chi connectivity index (χ1v) is 9.35. The molecule has 1 unspecified atom stereocenters. The lowest BCUT2D eigenvalue weighted by molar-refractivity contribution is -0.116. The van der Waals surface area contributed by atoms with Gasteiger partial charge >= 0.3 is 0 Å². The molecule has 6 heteroatoms. The normalized spacial score (nSPS) is 19.8. The number of nitrogens with one attached hydrogen (secondary N) is 1. The van der Waals surface area contributed by atoms with Crippen LogP contribution in [0.3, 0.4) is 0 Å². The average molecular weight is 355 g/mol. The minimum absolute atomic E-state index is 0.0281. The molecule has 1 fully saturated rings. The van der Waals surface area contributed by atoms with Gasteiger partial charge in [0.2, 0.25) is 5.91 Å². The maximum atomic E-state index is 12.2. The number of hydrogen-bond donors (Lipinski definition) is 2. The molecule has 0 saturated heterocycles. The van der Waals surface area contributed by atoms with Crippen LogP contribution in [0.25, 0.3) is 0 Å². The summed E-state index contributed by atoms with van der Waals surface area (Å²) in [4.78, 5) is 14.2. The second-order valence-electron chi connectivity index (χ2n) is 7.36. The minimum Gasteiger partial charge on any atom is -0.378 e. The molecular formula is C19H21N3O2S. The van der Waals surface area contributed by atoms with Gasteiger partial charge in [-0.1, -0.05) is 11.8 Å². The lowest BCUT2D eigenvalue weighted by atomic mass is 9.89. The molecule has 2 N–H and O–H groups in total. The van der Waals surface area contributed by atoms with Gasteiger partial charge in [0.1, 0.15) is 11.4 Å². The summed E-state index contributed by atoms with van der Waals surface area (Å²) >= 11 is 1.59. The molecule has 3 heterocycles. The molecule has 1 amide bonds. The molecule has 0 aromatic carbocycles. The van der Waals surface area contributed by atoms with Gasteiger partial charge < -0.3 is 10.4 Å². The summed E-state index contributed by atoms with van der Waals surface area (Å²) in [6.45, 7) is 3.34. The number of thiophene rings is 1. The molecule has 1 aliphatic carbocycles. The van der Waals surface area contributed by atoms with Gasteiger partial charge in [0.15, 0.2) is 0 Å². The summed E-state index contributed by atoms with van der Waals surface area (Å²) in [7, 11) is 1.89. The van der Waals surface area contributed by atoms with Crippen molar-refractivity contribution in [3.05, 3.63) is 33.1 Å². The molecule has 0 radical (unpaired) electrons. The Hall–Kier alpha value is -2.10. The fourth-order valence-corrected chi connectivity index (χ4v) is 4.22. The van der Waals surface area contributed by atoms with Crippen LogP contribution in [-0.4, -0.2) is 26.4 Å². The average Bonchev–Trinajstić information content (AvgIpc) is 3.17. The van der Waals surface area contributed by atoms with Crippen molar-refractivity contribution in [1.82, 2.24) is 9.78 Å². The molecule has 2 aliphatic rings. The van der Waals surface area contributed by atoms with Crippen molar-refractivity contribution in [3.63, 3.8) is 0 Å². The molecule has 1 aliphatic heterocycles. The van der Waals surface area contributed by atoms with Crippen molar-refractivity contribution in [2.45, 2.75) is 50.5 Å². The van der Waals surface area contributed by atoms with E-state index in [1.807, 2.05) is 13.1 Å². The van der Waals surface area contributed by atoms with Gasteiger partial charge in [0.05, 0.1) is 10.6 Å². The zero-order chi connectivity index (χ0) is 17.8. The molecule has 2 aromatic heterocycles. The van der Waals surface area contributed by atoms with E-state index in [0.717, 1.165) is 21.3 Å². The molecule has 1 saturated carbocycles. The van der Waals surface area contributed by atoms with Crippen molar-refractivity contribution in [2.75, 3.05) is 5.32 Å². The van der Waals surface area contributed by atoms with Crippen molar-refractivity contribution in [3.8, 4) is 11.8 Å². The van der Waals surface area contributed by atoms with Gasteiger partial charge in [-0.05, 0) is 38.8 Å². The van der Waals surface area contributed by atoms with Gasteiger partial charge in [-0.15, -0.1) is 11.3 Å². The lowest BCUT2D eigenvalue weighted by Gasteiger charge is -2.23. The van der Waals surface area contributed by atoms with Gasteiger partial charge in [-0.25, -0.2) is 0 Å². The van der Waals surface area contributed by atoms with E-state index in [2.05, 4.69) is 28.3 Å². The first kappa shape index (κ1) is 16.4. The number of anilines is 1. The number of aryl methyl sites for hydroxylation is 1. The van der Waals surface area contributed by atoms with E-state index in [0.29, 0.717) is 12.3 Å². The Kier molecular flexibility index (Phi) is 3.75. The molecule has 4 rings (SSSR count). The quantitative estimate of drug-likeness (QED) is 0.814. The van der Waals surface area contributed by atoms with Crippen LogP contribution in [0.1, 0.15) is 66.0 Å². The summed E-state index contributed by atoms with van der Waals surface area (Å²) in [5.41, 5.74) is 1.30. The first-order valence-electron chi connectivity index (χ1n) is 8.54. The Morgan fingerprint density at radius 1 is 1.40 bits per heavy atom. The lowest BCUT2D eigenvalue weighted by Crippen LogP contribution is -2.24. The number of fused-ring (bicyclic) bond motifs is 1. The fourth-order valence-electron chi connectivity index (χ4n) is 3.25. The highest BCUT2D eigenvalue weighted by molar-refractivity contribution is 7.12. The molecule has 2 aromatic rings. The van der Waals surface area contributed by atoms with E-state index >= 15 is 0 Å². The summed E-state index contributed by atoms with van der Waals surface area (Å²) < 4.78 is 1.80. The predicted octanol–water partition coefficient (Wildman–Crippen LogP) is 2.96. The van der Waals surface area contributed by atoms with Gasteiger partial charge in [-0.2, -0.15) is 5.10 Å². The molecule has 0 bridgehead atoms. The Morgan fingerprint density at radius 2 is 2.16 bits per heavy atom. The molecule has 130 valence electrons. The number of carbonyl (C=O) groups is 1. The van der Waals surface area contributed by atoms with E-state index in [-0.39, 0.29) is 11.8 Å². The van der Waals surface area contributed by atoms with Gasteiger partial charge in [-0.3, -0.25) is 9.48 Å². The predicted molar refractivity (Wildman–Crippen MR) is 97.8 cm³/mol. The van der Waals surface area contributed by atoms with Crippen LogP contribution >= 0.6 is 11.3 Å². The number of amides is 1. The monoisotopic (exact) mass is 355 g/mol. The van der Waals surface area contributed by atoms with E-state index in [1.54, 1.807) is 29.9 Å². The smallest absolute Gasteiger partial charge is 0.226 e. The second kappa shape index (κ2) is 5.72. The summed E-state index contributed by atoms with van der Waals surface area (Å²) in [6.07, 6.45) is 2.80. The van der Waals surface area contributed by atoms with Crippen LogP contribution in [0.15, 0.2) is 12.1 Å². The van der Waals surface area contributed by atoms with Crippen LogP contribution < -0.4 is 5.32 Å². The highest BCUT2D eigenvalue weighted by Gasteiger charge is 2.38. The topological polar surface area (TPSA) is 67.2 Å². The zero-order valence-corrected chi connectivity index (χ0v) is 15.4. The largest absolute Gasteiger partial charge is 0.378 e. The Bertz CT molecular complexity index is 903. The van der Waals surface area contributed by atoms with Crippen LogP contribution in [-0.2, 0) is 11.8 Å². The number of rotatable bonds is 2. The van der Waals surface area contributed by atoms with Crippen LogP contribution in [0.4, 0.5) is 5.82 Å². The fraction of sp³-hybridized carbons (Fsp3) is 0.474. The van der Waals surface area contributed by atoms with Crippen molar-refractivity contribution in [1.29, 1.82) is 0 Å². The summed E-state index contributed by atoms with van der Waals surface area (Å²) in [5.74, 6) is 7.31. The Labute approximate surface area is 151 Å². The van der Waals surface area contributed by atoms with Gasteiger partial charge in [0.25, 0.3) is 0 Å². The first-order chi connectivity index (χ1) is 11.8. The second-order valence-corrected chi connectivity index (χ2v) is 8.48. The van der Waals surface area contributed by atoms with E-state index < -0.39 is 5.60 Å². The molecule has 5 nitrogen and oxygen atoms in total. The van der Waals surface area contributed by atoms with Crippen molar-refractivity contribution >= 4 is 23.1 Å². The summed E-state index contributed by atoms with van der Waals surface area (Å²) in [6, 6.07) is 4.02. The van der Waals surface area contributed by atoms with Crippen molar-refractivity contribution in [2.24, 2.45) is 7.05 Å². The number of aliphatic hydroxyl groups is 1. The molecular weight excluding hydrogens is 334 g/mol. The van der Waals surface area contributed by atoms with Gasteiger partial charge in [0, 0.05) is 35.7 Å². The minimum atomic E-state index is -1.01. The third-order valence-corrected chi connectivity index (χ3v) is 5.65. The number of aromatic nitrogens is 2. The number of hydrogen-bond acceptors (Lipinski definition) is 4. The third kappa shape index (κ3) is 3.22. The van der Waals surface area contributed by atoms with Crippen LogP contribution in [0, 0.1) is 11.8 Å². The van der Waals surface area contributed by atoms with E-state index in [4.69, 9.17) is 0 Å². The standard InChI is InChI=1S/C19H21N3O2S/c1-19(2,24)9-8-12-6-7-14(25-12)13-10-15(23)20-18-16(13)17(11-4-5-11)21-22(18)3/h6-7,11,13,24H,4-5,10H2,1-3H3,(H,20,23). The number of nitrogens with zero attached hydrogens (tertiary/aromatic N) is 2.